The summed E-state index contributed by atoms with van der Waals surface area (Å²) < 4.78 is 13.9. The third-order valence-corrected chi connectivity index (χ3v) is 6.14. The molecular formula is C29H26FN5. The van der Waals surface area contributed by atoms with Crippen LogP contribution in [0, 0.1) is 5.82 Å². The van der Waals surface area contributed by atoms with E-state index in [-0.39, 0.29) is 5.82 Å². The first-order chi connectivity index (χ1) is 17.0. The molecule has 0 radical (unpaired) electrons. The van der Waals surface area contributed by atoms with Gasteiger partial charge in [0.25, 0.3) is 0 Å². The number of nitrogens with zero attached hydrogens (tertiary/aromatic N) is 3. The lowest BCUT2D eigenvalue weighted by Crippen LogP contribution is -2.09. The number of hydrogen-bond donors (Lipinski definition) is 2. The number of H-pyrrole nitrogens is 2. The Balaban J connectivity index is 1.62. The Morgan fingerprint density at radius 2 is 1.83 bits per heavy atom. The first-order valence-corrected chi connectivity index (χ1v) is 11.4. The maximum atomic E-state index is 13.9. The standard InChI is InChI=1S/C29H26FN5/c1-5-18(15-22(6-2)35(3)4)19-10-11-26-23(16-19)29(34-33-26)27-17-24-25(32-27)12-13-31-28(24)20-8-7-9-21(30)14-20/h5-17,32H,2H2,1,3-4H3,(H,33,34)/b18-5+,22-15+. The molecule has 0 bridgehead atoms. The maximum Gasteiger partial charge on any atom is 0.123 e. The lowest BCUT2D eigenvalue weighted by molar-refractivity contribution is 0.530. The van der Waals surface area contributed by atoms with E-state index in [1.165, 1.54) is 12.1 Å². The molecule has 0 atom stereocenters. The van der Waals surface area contributed by atoms with Gasteiger partial charge in [0.15, 0.2) is 0 Å². The van der Waals surface area contributed by atoms with E-state index in [1.54, 1.807) is 12.3 Å². The number of aromatic nitrogens is 4. The van der Waals surface area contributed by atoms with E-state index in [4.69, 9.17) is 0 Å². The largest absolute Gasteiger partial charge is 0.378 e. The monoisotopic (exact) mass is 463 g/mol. The number of hydrogen-bond acceptors (Lipinski definition) is 3. The van der Waals surface area contributed by atoms with Crippen molar-refractivity contribution in [2.75, 3.05) is 14.1 Å². The van der Waals surface area contributed by atoms with E-state index in [9.17, 15) is 4.39 Å². The summed E-state index contributed by atoms with van der Waals surface area (Å²) in [5.41, 5.74) is 8.22. The van der Waals surface area contributed by atoms with Gasteiger partial charge in [-0.15, -0.1) is 0 Å². The number of nitrogens with one attached hydrogen (secondary N) is 2. The van der Waals surface area contributed by atoms with Crippen LogP contribution >= 0.6 is 0 Å². The first kappa shape index (κ1) is 22.3. The van der Waals surface area contributed by atoms with Crippen LogP contribution in [-0.2, 0) is 0 Å². The number of pyridine rings is 1. The molecule has 5 nitrogen and oxygen atoms in total. The molecule has 35 heavy (non-hydrogen) atoms. The van der Waals surface area contributed by atoms with Gasteiger partial charge in [-0.2, -0.15) is 5.10 Å². The molecule has 174 valence electrons. The van der Waals surface area contributed by atoms with Crippen molar-refractivity contribution < 1.29 is 4.39 Å². The molecule has 2 N–H and O–H groups in total. The van der Waals surface area contributed by atoms with Gasteiger partial charge in [0.2, 0.25) is 0 Å². The fourth-order valence-electron chi connectivity index (χ4n) is 4.31. The minimum atomic E-state index is -0.286. The Labute approximate surface area is 203 Å². The summed E-state index contributed by atoms with van der Waals surface area (Å²) in [5.74, 6) is -0.286. The van der Waals surface area contributed by atoms with Crippen LogP contribution in [0.3, 0.4) is 0 Å². The lowest BCUT2D eigenvalue weighted by Gasteiger charge is -2.14. The van der Waals surface area contributed by atoms with E-state index >= 15 is 0 Å². The van der Waals surface area contributed by atoms with Crippen molar-refractivity contribution in [2.45, 2.75) is 6.92 Å². The highest BCUT2D eigenvalue weighted by Crippen LogP contribution is 2.34. The number of fused-ring (bicyclic) bond motifs is 2. The normalized spacial score (nSPS) is 12.5. The third-order valence-electron chi connectivity index (χ3n) is 6.14. The van der Waals surface area contributed by atoms with Gasteiger partial charge in [0.1, 0.15) is 11.5 Å². The van der Waals surface area contributed by atoms with Crippen LogP contribution in [0.1, 0.15) is 12.5 Å². The second-order valence-electron chi connectivity index (χ2n) is 8.56. The van der Waals surface area contributed by atoms with Crippen molar-refractivity contribution in [3.63, 3.8) is 0 Å². The summed E-state index contributed by atoms with van der Waals surface area (Å²) in [6.07, 6.45) is 7.79. The summed E-state index contributed by atoms with van der Waals surface area (Å²) >= 11 is 0. The topological polar surface area (TPSA) is 60.6 Å². The summed E-state index contributed by atoms with van der Waals surface area (Å²) in [4.78, 5) is 10.0. The van der Waals surface area contributed by atoms with Crippen molar-refractivity contribution in [3.05, 3.63) is 103 Å². The van der Waals surface area contributed by atoms with Gasteiger partial charge in [0.05, 0.1) is 16.9 Å². The predicted octanol–water partition coefficient (Wildman–Crippen LogP) is 6.95. The fourth-order valence-corrected chi connectivity index (χ4v) is 4.31. The Kier molecular flexibility index (Phi) is 5.79. The lowest BCUT2D eigenvalue weighted by atomic mass is 10.0. The van der Waals surface area contributed by atoms with Gasteiger partial charge in [-0.1, -0.05) is 30.9 Å². The maximum absolute atomic E-state index is 13.9. The molecule has 5 aromatic rings. The Bertz CT molecular complexity index is 1620. The molecule has 5 rings (SSSR count). The molecule has 0 fully saturated rings. The van der Waals surface area contributed by atoms with Crippen LogP contribution < -0.4 is 0 Å². The Hall–Kier alpha value is -4.45. The van der Waals surface area contributed by atoms with Gasteiger partial charge in [0, 0.05) is 47.8 Å². The highest BCUT2D eigenvalue weighted by Gasteiger charge is 2.15. The molecule has 0 amide bonds. The number of rotatable bonds is 6. The molecule has 6 heteroatoms. The minimum Gasteiger partial charge on any atom is -0.378 e. The minimum absolute atomic E-state index is 0.286. The third kappa shape index (κ3) is 4.15. The average Bonchev–Trinajstić information content (AvgIpc) is 3.48. The van der Waals surface area contributed by atoms with Crippen LogP contribution in [-0.4, -0.2) is 39.2 Å². The van der Waals surface area contributed by atoms with Crippen molar-refractivity contribution >= 4 is 27.4 Å². The molecule has 2 aromatic carbocycles. The highest BCUT2D eigenvalue weighted by molar-refractivity contribution is 6.00. The van der Waals surface area contributed by atoms with Gasteiger partial charge in [-0.05, 0) is 66.6 Å². The molecule has 0 spiro atoms. The van der Waals surface area contributed by atoms with Crippen LogP contribution in [0.25, 0.3) is 50.0 Å². The van der Waals surface area contributed by atoms with E-state index in [2.05, 4.69) is 51.0 Å². The zero-order valence-corrected chi connectivity index (χ0v) is 19.9. The van der Waals surface area contributed by atoms with Gasteiger partial charge in [-0.25, -0.2) is 4.39 Å². The molecule has 0 saturated heterocycles. The number of halogens is 1. The summed E-state index contributed by atoms with van der Waals surface area (Å²) in [6, 6.07) is 16.7. The molecule has 3 heterocycles. The molecular weight excluding hydrogens is 437 g/mol. The van der Waals surface area contributed by atoms with Crippen molar-refractivity contribution in [1.29, 1.82) is 0 Å². The highest BCUT2D eigenvalue weighted by atomic mass is 19.1. The van der Waals surface area contributed by atoms with Gasteiger partial charge in [-0.3, -0.25) is 10.1 Å². The van der Waals surface area contributed by atoms with Gasteiger partial charge < -0.3 is 9.88 Å². The summed E-state index contributed by atoms with van der Waals surface area (Å²) in [6.45, 7) is 5.96. The van der Waals surface area contributed by atoms with Crippen molar-refractivity contribution in [2.24, 2.45) is 0 Å². The Morgan fingerprint density at radius 3 is 2.57 bits per heavy atom. The zero-order chi connectivity index (χ0) is 24.5. The zero-order valence-electron chi connectivity index (χ0n) is 19.9. The van der Waals surface area contributed by atoms with Crippen molar-refractivity contribution in [1.82, 2.24) is 25.1 Å². The quantitative estimate of drug-likeness (QED) is 0.268. The SMILES string of the molecule is C=C/C(=C\C(=C/C)c1ccc2[nH]nc(-c3cc4c(-c5cccc(F)c5)nccc4[nH]3)c2c1)N(C)C. The van der Waals surface area contributed by atoms with E-state index < -0.39 is 0 Å². The summed E-state index contributed by atoms with van der Waals surface area (Å²) in [5, 5.41) is 9.68. The van der Waals surface area contributed by atoms with E-state index in [0.29, 0.717) is 0 Å². The average molecular weight is 464 g/mol. The molecule has 0 saturated carbocycles. The number of allylic oxidation sites excluding steroid dienone is 4. The number of benzene rings is 2. The van der Waals surface area contributed by atoms with Crippen LogP contribution in [0.5, 0.6) is 0 Å². The predicted molar refractivity (Wildman–Crippen MR) is 142 cm³/mol. The summed E-state index contributed by atoms with van der Waals surface area (Å²) in [7, 11) is 4.00. The van der Waals surface area contributed by atoms with Crippen LogP contribution in [0.2, 0.25) is 0 Å². The molecule has 0 unspecified atom stereocenters. The molecule has 0 aliphatic heterocycles. The number of aromatic amines is 2. The van der Waals surface area contributed by atoms with Crippen LogP contribution in [0.4, 0.5) is 4.39 Å². The second-order valence-corrected chi connectivity index (χ2v) is 8.56. The molecule has 3 aromatic heterocycles. The van der Waals surface area contributed by atoms with E-state index in [0.717, 1.165) is 61.3 Å². The molecule has 0 aliphatic rings. The van der Waals surface area contributed by atoms with Crippen LogP contribution in [0.15, 0.2) is 91.3 Å². The van der Waals surface area contributed by atoms with E-state index in [1.807, 2.05) is 56.3 Å². The first-order valence-electron chi connectivity index (χ1n) is 11.4. The number of likely N-dealkylation sites (N-methyl/N-ethyl adjacent to an activating group) is 1. The van der Waals surface area contributed by atoms with Crippen molar-refractivity contribution in [3.8, 4) is 22.6 Å². The fraction of sp³-hybridized carbons (Fsp3) is 0.103. The Morgan fingerprint density at radius 1 is 1.00 bits per heavy atom. The van der Waals surface area contributed by atoms with Gasteiger partial charge >= 0.3 is 0 Å². The second kappa shape index (κ2) is 9.06. The smallest absolute Gasteiger partial charge is 0.123 e. The molecule has 0 aliphatic carbocycles.